The second-order valence-electron chi connectivity index (χ2n) is 8.67. The van der Waals surface area contributed by atoms with E-state index >= 15 is 0 Å². The van der Waals surface area contributed by atoms with Crippen molar-refractivity contribution in [2.24, 2.45) is 0 Å². The molecule has 2 heterocycles. The number of aromatic nitrogens is 1. The van der Waals surface area contributed by atoms with E-state index in [2.05, 4.69) is 39.0 Å². The molecular formula is C29H38N4O3. The fourth-order valence-corrected chi connectivity index (χ4v) is 4.65. The van der Waals surface area contributed by atoms with Gasteiger partial charge in [-0.1, -0.05) is 62.4 Å². The number of aryl methyl sites for hydroxylation is 1. The second kappa shape index (κ2) is 13.6. The normalized spacial score (nSPS) is 15.2. The minimum atomic E-state index is 0.0199. The number of nitrogens with zero attached hydrogens (tertiary/aromatic N) is 3. The first-order valence-electron chi connectivity index (χ1n) is 12.7. The van der Waals surface area contributed by atoms with E-state index in [0.29, 0.717) is 38.3 Å². The van der Waals surface area contributed by atoms with Crippen LogP contribution in [0.1, 0.15) is 29.9 Å². The lowest BCUT2D eigenvalue weighted by Gasteiger charge is -2.38. The highest BCUT2D eigenvalue weighted by molar-refractivity contribution is 6.01. The van der Waals surface area contributed by atoms with Crippen LogP contribution in [0.15, 0.2) is 66.7 Å². The minimum Gasteiger partial charge on any atom is -0.467 e. The van der Waals surface area contributed by atoms with Gasteiger partial charge in [0.2, 0.25) is 0 Å². The topological polar surface area (TPSA) is 66.8 Å². The fourth-order valence-electron chi connectivity index (χ4n) is 4.65. The summed E-state index contributed by atoms with van der Waals surface area (Å²) >= 11 is 0. The molecule has 4 rings (SSSR count). The number of likely N-dealkylation sites (N-methyl/N-ethyl adjacent to an activating group) is 1. The number of carbonyl (C=O) groups excluding carboxylic acids is 2. The van der Waals surface area contributed by atoms with E-state index in [9.17, 15) is 9.59 Å². The van der Waals surface area contributed by atoms with E-state index in [1.807, 2.05) is 75.2 Å². The number of ether oxygens (including phenoxy) is 1. The molecule has 0 aliphatic carbocycles. The van der Waals surface area contributed by atoms with Gasteiger partial charge in [0.25, 0.3) is 12.4 Å². The van der Waals surface area contributed by atoms with Crippen LogP contribution >= 0.6 is 0 Å². The smallest absolute Gasteiger partial charge is 0.293 e. The van der Waals surface area contributed by atoms with Gasteiger partial charge in [0.15, 0.2) is 0 Å². The van der Waals surface area contributed by atoms with E-state index in [0.717, 1.165) is 35.7 Å². The summed E-state index contributed by atoms with van der Waals surface area (Å²) in [7, 11) is 1.98. The Morgan fingerprint density at radius 2 is 1.78 bits per heavy atom. The Morgan fingerprint density at radius 3 is 2.44 bits per heavy atom. The summed E-state index contributed by atoms with van der Waals surface area (Å²) in [6.07, 6.45) is 0. The third kappa shape index (κ3) is 6.42. The molecule has 0 radical (unpaired) electrons. The van der Waals surface area contributed by atoms with Gasteiger partial charge >= 0.3 is 0 Å². The molecule has 192 valence electrons. The predicted molar refractivity (Wildman–Crippen MR) is 144 cm³/mol. The van der Waals surface area contributed by atoms with Crippen LogP contribution in [0.25, 0.3) is 16.9 Å². The highest BCUT2D eigenvalue weighted by atomic mass is 16.5. The molecule has 36 heavy (non-hydrogen) atoms. The first kappa shape index (κ1) is 27.2. The Bertz CT molecular complexity index is 1100. The number of hydrogen-bond acceptors (Lipinski definition) is 5. The van der Waals surface area contributed by atoms with Crippen molar-refractivity contribution in [2.75, 3.05) is 46.4 Å². The molecule has 1 aliphatic heterocycles. The van der Waals surface area contributed by atoms with Gasteiger partial charge in [-0.25, -0.2) is 0 Å². The summed E-state index contributed by atoms with van der Waals surface area (Å²) in [5.41, 5.74) is 4.69. The lowest BCUT2D eigenvalue weighted by atomic mass is 10.0. The van der Waals surface area contributed by atoms with Gasteiger partial charge < -0.3 is 24.4 Å². The molecule has 0 saturated carbocycles. The maximum atomic E-state index is 14.0. The Balaban J connectivity index is 0.00000176. The molecule has 7 heteroatoms. The molecule has 3 aromatic rings. The largest absolute Gasteiger partial charge is 0.467 e. The van der Waals surface area contributed by atoms with E-state index in [4.69, 9.17) is 4.74 Å². The number of nitrogens with one attached hydrogen (secondary N) is 1. The average Bonchev–Trinajstić information content (AvgIpc) is 3.28. The fraction of sp³-hybridized carbons (Fsp3) is 0.379. The van der Waals surface area contributed by atoms with Gasteiger partial charge in [-0.3, -0.25) is 9.59 Å². The molecule has 7 nitrogen and oxygen atoms in total. The van der Waals surface area contributed by atoms with E-state index in [1.165, 1.54) is 0 Å². The van der Waals surface area contributed by atoms with Crippen LogP contribution in [0.2, 0.25) is 0 Å². The SMILES string of the molecule is CC.Cc1cc(C(=O)N2CCNC[C@H]2CN(C)CCOC=O)c(-c2ccccc2)n1-c1ccccc1. The number of amides is 1. The van der Waals surface area contributed by atoms with Crippen molar-refractivity contribution in [3.05, 3.63) is 78.0 Å². The highest BCUT2D eigenvalue weighted by Gasteiger charge is 2.31. The van der Waals surface area contributed by atoms with Crippen molar-refractivity contribution in [1.29, 1.82) is 0 Å². The molecule has 1 fully saturated rings. The quantitative estimate of drug-likeness (QED) is 0.363. The minimum absolute atomic E-state index is 0.0199. The van der Waals surface area contributed by atoms with Gasteiger partial charge in [-0.2, -0.15) is 0 Å². The van der Waals surface area contributed by atoms with E-state index in [-0.39, 0.29) is 11.9 Å². The first-order chi connectivity index (χ1) is 17.6. The van der Waals surface area contributed by atoms with E-state index < -0.39 is 0 Å². The summed E-state index contributed by atoms with van der Waals surface area (Å²) in [5, 5.41) is 3.42. The third-order valence-electron chi connectivity index (χ3n) is 6.27. The van der Waals surface area contributed by atoms with Crippen molar-refractivity contribution in [3.8, 4) is 16.9 Å². The zero-order valence-corrected chi connectivity index (χ0v) is 21.8. The summed E-state index contributed by atoms with van der Waals surface area (Å²) in [6.45, 7) is 10.3. The number of carbonyl (C=O) groups is 2. The maximum Gasteiger partial charge on any atom is 0.293 e. The standard InChI is InChI=1S/C27H32N4O3.C2H6/c1-21-17-25(26(22-9-5-3-6-10-22)31(21)23-11-7-4-8-12-23)27(33)30-14-13-28-18-24(30)19-29(2)15-16-34-20-32;1-2/h3-12,17,20,24,28H,13-16,18-19H2,1-2H3;1-2H3/t24-;/m0./s1. The van der Waals surface area contributed by atoms with Crippen LogP contribution in [-0.2, 0) is 9.53 Å². The van der Waals surface area contributed by atoms with Crippen molar-refractivity contribution in [2.45, 2.75) is 26.8 Å². The highest BCUT2D eigenvalue weighted by Crippen LogP contribution is 2.32. The van der Waals surface area contributed by atoms with Crippen molar-refractivity contribution in [1.82, 2.24) is 19.7 Å². The second-order valence-corrected chi connectivity index (χ2v) is 8.67. The molecule has 0 spiro atoms. The molecule has 2 aromatic carbocycles. The molecule has 1 atom stereocenters. The number of rotatable bonds is 9. The number of para-hydroxylation sites is 1. The number of benzene rings is 2. The first-order valence-corrected chi connectivity index (χ1v) is 12.7. The van der Waals surface area contributed by atoms with Gasteiger partial charge in [-0.15, -0.1) is 0 Å². The molecule has 1 amide bonds. The van der Waals surface area contributed by atoms with Crippen LogP contribution in [0.3, 0.4) is 0 Å². The summed E-state index contributed by atoms with van der Waals surface area (Å²) < 4.78 is 7.01. The lowest BCUT2D eigenvalue weighted by molar-refractivity contribution is -0.129. The predicted octanol–water partition coefficient (Wildman–Crippen LogP) is 4.00. The average molecular weight is 491 g/mol. The number of hydrogen-bond donors (Lipinski definition) is 1. The Kier molecular flexibility index (Phi) is 10.3. The molecular weight excluding hydrogens is 452 g/mol. The Hall–Kier alpha value is -3.42. The molecule has 0 bridgehead atoms. The monoisotopic (exact) mass is 490 g/mol. The van der Waals surface area contributed by atoms with Crippen molar-refractivity contribution >= 4 is 12.4 Å². The molecule has 0 unspecified atom stereocenters. The molecule has 1 aliphatic rings. The van der Waals surface area contributed by atoms with Crippen molar-refractivity contribution in [3.63, 3.8) is 0 Å². The maximum absolute atomic E-state index is 14.0. The van der Waals surface area contributed by atoms with E-state index in [1.54, 1.807) is 0 Å². The van der Waals surface area contributed by atoms with Crippen LogP contribution in [-0.4, -0.2) is 79.2 Å². The Labute approximate surface area is 214 Å². The lowest BCUT2D eigenvalue weighted by Crippen LogP contribution is -2.57. The van der Waals surface area contributed by atoms with Crippen LogP contribution < -0.4 is 5.32 Å². The van der Waals surface area contributed by atoms with Gasteiger partial charge in [0.05, 0.1) is 17.3 Å². The van der Waals surface area contributed by atoms with Crippen LogP contribution in [0.4, 0.5) is 0 Å². The summed E-state index contributed by atoms with van der Waals surface area (Å²) in [6, 6.07) is 22.3. The molecule has 1 aromatic heterocycles. The van der Waals surface area contributed by atoms with Gasteiger partial charge in [0.1, 0.15) is 6.61 Å². The zero-order valence-electron chi connectivity index (χ0n) is 21.8. The summed E-state index contributed by atoms with van der Waals surface area (Å²) in [5.74, 6) is 0.0423. The molecule has 1 saturated heterocycles. The van der Waals surface area contributed by atoms with Crippen LogP contribution in [0.5, 0.6) is 0 Å². The third-order valence-corrected chi connectivity index (χ3v) is 6.27. The number of piperazine rings is 1. The van der Waals surface area contributed by atoms with Crippen molar-refractivity contribution < 1.29 is 14.3 Å². The van der Waals surface area contributed by atoms with Crippen LogP contribution in [0, 0.1) is 6.92 Å². The van der Waals surface area contributed by atoms with Gasteiger partial charge in [0, 0.05) is 44.1 Å². The molecule has 1 N–H and O–H groups in total. The Morgan fingerprint density at radius 1 is 1.11 bits per heavy atom. The van der Waals surface area contributed by atoms with Gasteiger partial charge in [-0.05, 0) is 37.7 Å². The summed E-state index contributed by atoms with van der Waals surface area (Å²) in [4.78, 5) is 28.6. The zero-order chi connectivity index (χ0) is 25.9.